The van der Waals surface area contributed by atoms with Crippen LogP contribution in [-0.4, -0.2) is 23.9 Å². The Morgan fingerprint density at radius 2 is 2.05 bits per heavy atom. The zero-order chi connectivity index (χ0) is 14.2. The first-order chi connectivity index (χ1) is 8.79. The Morgan fingerprint density at radius 1 is 1.37 bits per heavy atom. The highest BCUT2D eigenvalue weighted by Crippen LogP contribution is 2.34. The summed E-state index contributed by atoms with van der Waals surface area (Å²) in [7, 11) is 0. The van der Waals surface area contributed by atoms with Crippen LogP contribution in [0, 0.1) is 18.3 Å². The van der Waals surface area contributed by atoms with E-state index in [1.165, 1.54) is 0 Å². The van der Waals surface area contributed by atoms with Gasteiger partial charge < -0.3 is 4.90 Å². The van der Waals surface area contributed by atoms with Crippen LogP contribution in [-0.2, 0) is 0 Å². The van der Waals surface area contributed by atoms with Gasteiger partial charge in [0.15, 0.2) is 0 Å². The van der Waals surface area contributed by atoms with Gasteiger partial charge in [0.05, 0.1) is 0 Å². The minimum absolute atomic E-state index is 0.153. The molecular formula is C16H23NOS. The summed E-state index contributed by atoms with van der Waals surface area (Å²) < 4.78 is 0. The van der Waals surface area contributed by atoms with Crippen LogP contribution in [0.25, 0.3) is 0 Å². The van der Waals surface area contributed by atoms with Crippen molar-refractivity contribution in [2.24, 2.45) is 11.3 Å². The fourth-order valence-corrected chi connectivity index (χ4v) is 2.87. The van der Waals surface area contributed by atoms with E-state index in [4.69, 9.17) is 0 Å². The number of carbonyl (C=O) groups is 1. The maximum Gasteiger partial charge on any atom is 0.254 e. The van der Waals surface area contributed by atoms with Crippen molar-refractivity contribution < 1.29 is 4.79 Å². The van der Waals surface area contributed by atoms with E-state index in [9.17, 15) is 4.79 Å². The lowest BCUT2D eigenvalue weighted by Gasteiger charge is -2.27. The summed E-state index contributed by atoms with van der Waals surface area (Å²) in [5, 5.41) is 0. The van der Waals surface area contributed by atoms with Gasteiger partial charge in [-0.2, -0.15) is 0 Å². The Morgan fingerprint density at radius 3 is 2.63 bits per heavy atom. The third kappa shape index (κ3) is 3.14. The lowest BCUT2D eigenvalue weighted by Crippen LogP contribution is -2.31. The maximum atomic E-state index is 12.6. The quantitative estimate of drug-likeness (QED) is 0.774. The van der Waals surface area contributed by atoms with E-state index in [-0.39, 0.29) is 11.3 Å². The van der Waals surface area contributed by atoms with Crippen molar-refractivity contribution in [3.8, 4) is 0 Å². The van der Waals surface area contributed by atoms with Gasteiger partial charge in [0.2, 0.25) is 0 Å². The number of nitrogens with zero attached hydrogens (tertiary/aromatic N) is 1. The normalized spacial score (nSPS) is 19.8. The first kappa shape index (κ1) is 14.4. The number of thiol groups is 1. The van der Waals surface area contributed by atoms with Crippen LogP contribution in [0.4, 0.5) is 0 Å². The molecule has 1 fully saturated rings. The van der Waals surface area contributed by atoms with Crippen LogP contribution in [0.3, 0.4) is 0 Å². The molecule has 1 atom stereocenters. The van der Waals surface area contributed by atoms with Gasteiger partial charge in [-0.05, 0) is 42.4 Å². The SMILES string of the molecule is Cc1ccc(S)cc1C(=O)N1CCC(C(C)(C)C)C1. The summed E-state index contributed by atoms with van der Waals surface area (Å²) in [6.45, 7) is 10.5. The summed E-state index contributed by atoms with van der Waals surface area (Å²) in [4.78, 5) is 15.4. The number of rotatable bonds is 1. The van der Waals surface area contributed by atoms with Gasteiger partial charge in [-0.25, -0.2) is 0 Å². The highest BCUT2D eigenvalue weighted by Gasteiger charge is 2.34. The minimum atomic E-state index is 0.153. The zero-order valence-electron chi connectivity index (χ0n) is 12.2. The van der Waals surface area contributed by atoms with Crippen molar-refractivity contribution in [3.63, 3.8) is 0 Å². The molecule has 2 nitrogen and oxygen atoms in total. The van der Waals surface area contributed by atoms with E-state index in [2.05, 4.69) is 33.4 Å². The van der Waals surface area contributed by atoms with Gasteiger partial charge in [-0.3, -0.25) is 4.79 Å². The third-order valence-corrected chi connectivity index (χ3v) is 4.43. The highest BCUT2D eigenvalue weighted by molar-refractivity contribution is 7.80. The van der Waals surface area contributed by atoms with Crippen LogP contribution in [0.5, 0.6) is 0 Å². The second kappa shape index (κ2) is 5.20. The average molecular weight is 277 g/mol. The molecule has 1 heterocycles. The molecule has 1 aromatic carbocycles. The van der Waals surface area contributed by atoms with E-state index in [1.807, 2.05) is 30.0 Å². The highest BCUT2D eigenvalue weighted by atomic mass is 32.1. The van der Waals surface area contributed by atoms with Crippen molar-refractivity contribution in [1.29, 1.82) is 0 Å². The molecule has 0 aromatic heterocycles. The predicted octanol–water partition coefficient (Wildman–Crippen LogP) is 3.79. The Bertz CT molecular complexity index is 490. The standard InChI is InChI=1S/C16H23NOS/c1-11-5-6-13(19)9-14(11)15(18)17-8-7-12(10-17)16(2,3)4/h5-6,9,12,19H,7-8,10H2,1-4H3. The monoisotopic (exact) mass is 277 g/mol. The molecule has 1 aliphatic rings. The molecule has 104 valence electrons. The minimum Gasteiger partial charge on any atom is -0.338 e. The summed E-state index contributed by atoms with van der Waals surface area (Å²) in [5.41, 5.74) is 2.10. The molecule has 1 aromatic rings. The topological polar surface area (TPSA) is 20.3 Å². The van der Waals surface area contributed by atoms with Crippen molar-refractivity contribution in [2.45, 2.75) is 39.0 Å². The van der Waals surface area contributed by atoms with E-state index < -0.39 is 0 Å². The van der Waals surface area contributed by atoms with Gasteiger partial charge in [0.25, 0.3) is 5.91 Å². The number of carbonyl (C=O) groups excluding carboxylic acids is 1. The maximum absolute atomic E-state index is 12.6. The summed E-state index contributed by atoms with van der Waals surface area (Å²) >= 11 is 4.33. The number of likely N-dealkylation sites (tertiary alicyclic amines) is 1. The van der Waals surface area contributed by atoms with Crippen molar-refractivity contribution in [2.75, 3.05) is 13.1 Å². The molecule has 0 N–H and O–H groups in total. The molecule has 0 aliphatic carbocycles. The molecule has 3 heteroatoms. The Balaban J connectivity index is 2.16. The van der Waals surface area contributed by atoms with Crippen molar-refractivity contribution in [1.82, 2.24) is 4.90 Å². The fourth-order valence-electron chi connectivity index (χ4n) is 2.66. The predicted molar refractivity (Wildman–Crippen MR) is 81.9 cm³/mol. The zero-order valence-corrected chi connectivity index (χ0v) is 13.1. The van der Waals surface area contributed by atoms with Crippen molar-refractivity contribution in [3.05, 3.63) is 29.3 Å². The number of amides is 1. The largest absolute Gasteiger partial charge is 0.338 e. The van der Waals surface area contributed by atoms with Crippen LogP contribution < -0.4 is 0 Å². The number of hydrogen-bond donors (Lipinski definition) is 1. The molecule has 0 bridgehead atoms. The van der Waals surface area contributed by atoms with E-state index in [0.29, 0.717) is 5.92 Å². The second-order valence-electron chi connectivity index (χ2n) is 6.60. The number of hydrogen-bond acceptors (Lipinski definition) is 2. The molecule has 1 aliphatic heterocycles. The van der Waals surface area contributed by atoms with E-state index in [1.54, 1.807) is 0 Å². The third-order valence-electron chi connectivity index (χ3n) is 4.15. The second-order valence-corrected chi connectivity index (χ2v) is 7.12. The lowest BCUT2D eigenvalue weighted by molar-refractivity contribution is 0.0775. The summed E-state index contributed by atoms with van der Waals surface area (Å²) in [6.07, 6.45) is 1.11. The Kier molecular flexibility index (Phi) is 3.95. The van der Waals surface area contributed by atoms with Gasteiger partial charge in [-0.1, -0.05) is 26.8 Å². The van der Waals surface area contributed by atoms with Gasteiger partial charge in [-0.15, -0.1) is 12.6 Å². The lowest BCUT2D eigenvalue weighted by atomic mass is 9.80. The van der Waals surface area contributed by atoms with Gasteiger partial charge >= 0.3 is 0 Å². The smallest absolute Gasteiger partial charge is 0.254 e. The first-order valence-electron chi connectivity index (χ1n) is 6.88. The Hall–Kier alpha value is -0.960. The molecule has 2 rings (SSSR count). The van der Waals surface area contributed by atoms with E-state index >= 15 is 0 Å². The summed E-state index contributed by atoms with van der Waals surface area (Å²) in [6, 6.07) is 5.77. The average Bonchev–Trinajstić information content (AvgIpc) is 2.80. The molecule has 0 spiro atoms. The molecular weight excluding hydrogens is 254 g/mol. The van der Waals surface area contributed by atoms with Crippen molar-refractivity contribution >= 4 is 18.5 Å². The van der Waals surface area contributed by atoms with Gasteiger partial charge in [0, 0.05) is 23.5 Å². The number of aryl methyl sites for hydroxylation is 1. The fraction of sp³-hybridized carbons (Fsp3) is 0.562. The molecule has 0 saturated carbocycles. The van der Waals surface area contributed by atoms with Crippen LogP contribution in [0.15, 0.2) is 23.1 Å². The van der Waals surface area contributed by atoms with Gasteiger partial charge in [0.1, 0.15) is 0 Å². The molecule has 1 amide bonds. The summed E-state index contributed by atoms with van der Waals surface area (Å²) in [5.74, 6) is 0.746. The first-order valence-corrected chi connectivity index (χ1v) is 7.32. The molecule has 0 radical (unpaired) electrons. The van der Waals surface area contributed by atoms with Crippen LogP contribution in [0.2, 0.25) is 0 Å². The number of benzene rings is 1. The van der Waals surface area contributed by atoms with Crippen LogP contribution in [0.1, 0.15) is 43.1 Å². The molecule has 1 saturated heterocycles. The molecule has 1 unspecified atom stereocenters. The molecule has 19 heavy (non-hydrogen) atoms. The van der Waals surface area contributed by atoms with Crippen LogP contribution >= 0.6 is 12.6 Å². The van der Waals surface area contributed by atoms with E-state index in [0.717, 1.165) is 35.5 Å². The Labute approximate surface area is 121 Å².